The van der Waals surface area contributed by atoms with Gasteiger partial charge in [0.1, 0.15) is 36.6 Å². The van der Waals surface area contributed by atoms with Gasteiger partial charge >= 0.3 is 0 Å². The lowest BCUT2D eigenvalue weighted by Crippen LogP contribution is -2.68. The van der Waals surface area contributed by atoms with Crippen molar-refractivity contribution in [2.45, 2.75) is 98.4 Å². The second-order valence-corrected chi connectivity index (χ2v) is 8.78. The number of hydrogen-bond donors (Lipinski definition) is 10. The van der Waals surface area contributed by atoms with E-state index in [2.05, 4.69) is 0 Å². The molecule has 0 radical (unpaired) electrons. The smallest absolute Gasteiger partial charge is 0.186 e. The number of ether oxygens (including phenoxy) is 4. The van der Waals surface area contributed by atoms with Crippen LogP contribution in [0.2, 0.25) is 0 Å². The molecule has 1 saturated carbocycles. The van der Waals surface area contributed by atoms with Crippen molar-refractivity contribution >= 4 is 0 Å². The van der Waals surface area contributed by atoms with Gasteiger partial charge in [0.15, 0.2) is 12.6 Å². The van der Waals surface area contributed by atoms with E-state index >= 15 is 0 Å². The lowest BCUT2D eigenvalue weighted by molar-refractivity contribution is -0.314. The number of rotatable bonds is 6. The molecule has 15 N–H and O–H groups in total. The van der Waals surface area contributed by atoms with Gasteiger partial charge in [-0.1, -0.05) is 0 Å². The normalized spacial score (nSPS) is 52.7. The van der Waals surface area contributed by atoms with Crippen molar-refractivity contribution in [2.75, 3.05) is 13.2 Å². The Morgan fingerprint density at radius 2 is 1.28 bits per heavy atom. The SMILES string of the molecule is NC[C@@H]1O[C@H](O[C@@H]2[C@@H](O)[C@@H](O[C@@H]3O[C@H](CO)[C@H](O)[C@H](N)[C@@H]3O)[C@@H](N)C[C@H]2N)[C@H](N)C[C@H]1O. The Morgan fingerprint density at radius 3 is 1.84 bits per heavy atom. The molecule has 14 heteroatoms. The fourth-order valence-corrected chi connectivity index (χ4v) is 4.43. The summed E-state index contributed by atoms with van der Waals surface area (Å²) in [4.78, 5) is 0. The Kier molecular flexibility index (Phi) is 8.79. The molecule has 2 heterocycles. The van der Waals surface area contributed by atoms with Gasteiger partial charge in [-0.2, -0.15) is 0 Å². The van der Waals surface area contributed by atoms with E-state index in [9.17, 15) is 25.5 Å². The fourth-order valence-electron chi connectivity index (χ4n) is 4.43. The first-order valence-corrected chi connectivity index (χ1v) is 10.8. The number of aliphatic hydroxyl groups excluding tert-OH is 5. The van der Waals surface area contributed by atoms with Gasteiger partial charge in [-0.3, -0.25) is 0 Å². The van der Waals surface area contributed by atoms with Crippen LogP contribution in [-0.2, 0) is 18.9 Å². The van der Waals surface area contributed by atoms with Crippen molar-refractivity contribution < 1.29 is 44.5 Å². The zero-order valence-electron chi connectivity index (χ0n) is 17.7. The van der Waals surface area contributed by atoms with Crippen LogP contribution in [0.4, 0.5) is 0 Å². The number of aliphatic hydroxyl groups is 5. The Hall–Kier alpha value is -0.560. The maximum Gasteiger partial charge on any atom is 0.186 e. The lowest BCUT2D eigenvalue weighted by Gasteiger charge is -2.47. The molecular formula is C18H37N5O9. The molecule has 1 aliphatic carbocycles. The quantitative estimate of drug-likeness (QED) is 0.174. The Balaban J connectivity index is 1.70. The average Bonchev–Trinajstić information content (AvgIpc) is 2.75. The summed E-state index contributed by atoms with van der Waals surface area (Å²) in [5, 5.41) is 50.7. The standard InChI is InChI=1S/C18H37N5O9/c19-3-9-8(25)2-7(22)17(29-9)31-15-5(20)1-6(21)16(14(15)28)32-18-13(27)11(23)12(26)10(4-24)30-18/h5-18,24-28H,1-4,19-23H2/t5-,6+,7-,8-,9+,10-,11+,12+,13+,14-,15+,16+,17-,18+/m1/s1. The monoisotopic (exact) mass is 467 g/mol. The maximum absolute atomic E-state index is 11.0. The number of hydrogen-bond acceptors (Lipinski definition) is 14. The first kappa shape index (κ1) is 26.1. The first-order chi connectivity index (χ1) is 15.1. The molecule has 3 aliphatic rings. The van der Waals surface area contributed by atoms with E-state index in [4.69, 9.17) is 47.6 Å². The molecule has 0 bridgehead atoms. The molecule has 32 heavy (non-hydrogen) atoms. The van der Waals surface area contributed by atoms with Crippen LogP contribution >= 0.6 is 0 Å². The summed E-state index contributed by atoms with van der Waals surface area (Å²) in [6.07, 6.45) is -10.8. The van der Waals surface area contributed by atoms with Crippen LogP contribution in [-0.4, -0.2) is 124 Å². The highest BCUT2D eigenvalue weighted by atomic mass is 16.7. The minimum Gasteiger partial charge on any atom is -0.394 e. The van der Waals surface area contributed by atoms with Crippen LogP contribution in [0.25, 0.3) is 0 Å². The molecule has 3 rings (SSSR count). The molecule has 2 aliphatic heterocycles. The Morgan fingerprint density at radius 1 is 0.719 bits per heavy atom. The van der Waals surface area contributed by atoms with E-state index in [1.807, 2.05) is 0 Å². The zero-order valence-corrected chi connectivity index (χ0v) is 17.7. The third-order valence-corrected chi connectivity index (χ3v) is 6.41. The highest BCUT2D eigenvalue weighted by Crippen LogP contribution is 2.30. The van der Waals surface area contributed by atoms with E-state index in [0.717, 1.165) is 0 Å². The third kappa shape index (κ3) is 5.24. The molecule has 14 nitrogen and oxygen atoms in total. The molecule has 0 unspecified atom stereocenters. The van der Waals surface area contributed by atoms with Gasteiger partial charge in [0, 0.05) is 18.6 Å². The molecule has 2 saturated heterocycles. The molecule has 0 amide bonds. The van der Waals surface area contributed by atoms with E-state index in [1.165, 1.54) is 0 Å². The molecule has 0 aromatic rings. The van der Waals surface area contributed by atoms with Gasteiger partial charge in [0.05, 0.1) is 30.9 Å². The predicted octanol–water partition coefficient (Wildman–Crippen LogP) is -6.30. The molecule has 14 atom stereocenters. The van der Waals surface area contributed by atoms with E-state index < -0.39 is 92.2 Å². The van der Waals surface area contributed by atoms with Crippen LogP contribution in [0.15, 0.2) is 0 Å². The Bertz CT molecular complexity index is 607. The van der Waals surface area contributed by atoms with Gasteiger partial charge in [0.25, 0.3) is 0 Å². The van der Waals surface area contributed by atoms with Gasteiger partial charge < -0.3 is 73.1 Å². The first-order valence-electron chi connectivity index (χ1n) is 10.8. The van der Waals surface area contributed by atoms with Crippen molar-refractivity contribution in [1.82, 2.24) is 0 Å². The minimum atomic E-state index is -1.44. The summed E-state index contributed by atoms with van der Waals surface area (Å²) in [5.41, 5.74) is 29.8. The second-order valence-electron chi connectivity index (χ2n) is 8.78. The van der Waals surface area contributed by atoms with Gasteiger partial charge in [0.2, 0.25) is 0 Å². The molecule has 0 aromatic carbocycles. The van der Waals surface area contributed by atoms with Gasteiger partial charge in [-0.05, 0) is 12.8 Å². The summed E-state index contributed by atoms with van der Waals surface area (Å²) in [6, 6.07) is -3.27. The summed E-state index contributed by atoms with van der Waals surface area (Å²) in [7, 11) is 0. The zero-order chi connectivity index (χ0) is 23.7. The van der Waals surface area contributed by atoms with Crippen LogP contribution < -0.4 is 28.7 Å². The fraction of sp³-hybridized carbons (Fsp3) is 1.00. The van der Waals surface area contributed by atoms with Crippen LogP contribution in [0.1, 0.15) is 12.8 Å². The maximum atomic E-state index is 11.0. The highest BCUT2D eigenvalue weighted by molar-refractivity contribution is 5.01. The highest BCUT2D eigenvalue weighted by Gasteiger charge is 2.50. The predicted molar refractivity (Wildman–Crippen MR) is 108 cm³/mol. The molecular weight excluding hydrogens is 430 g/mol. The summed E-state index contributed by atoms with van der Waals surface area (Å²) in [5.74, 6) is 0. The molecule has 0 aromatic heterocycles. The summed E-state index contributed by atoms with van der Waals surface area (Å²) in [6.45, 7) is -0.499. The van der Waals surface area contributed by atoms with Crippen molar-refractivity contribution in [1.29, 1.82) is 0 Å². The molecule has 0 spiro atoms. The summed E-state index contributed by atoms with van der Waals surface area (Å²) < 4.78 is 22.7. The van der Waals surface area contributed by atoms with Gasteiger partial charge in [-0.15, -0.1) is 0 Å². The largest absolute Gasteiger partial charge is 0.394 e. The van der Waals surface area contributed by atoms with Crippen LogP contribution in [0.5, 0.6) is 0 Å². The number of nitrogens with two attached hydrogens (primary N) is 5. The molecule has 188 valence electrons. The third-order valence-electron chi connectivity index (χ3n) is 6.41. The van der Waals surface area contributed by atoms with E-state index in [-0.39, 0.29) is 19.4 Å². The molecule has 3 fully saturated rings. The van der Waals surface area contributed by atoms with Crippen molar-refractivity contribution in [3.05, 3.63) is 0 Å². The van der Waals surface area contributed by atoms with Crippen molar-refractivity contribution in [2.24, 2.45) is 28.7 Å². The van der Waals surface area contributed by atoms with Crippen molar-refractivity contribution in [3.63, 3.8) is 0 Å². The van der Waals surface area contributed by atoms with E-state index in [1.54, 1.807) is 0 Å². The summed E-state index contributed by atoms with van der Waals surface area (Å²) >= 11 is 0. The lowest BCUT2D eigenvalue weighted by atomic mass is 9.84. The van der Waals surface area contributed by atoms with Crippen LogP contribution in [0, 0.1) is 0 Å². The van der Waals surface area contributed by atoms with E-state index in [0.29, 0.717) is 0 Å². The topological polar surface area (TPSA) is 268 Å². The minimum absolute atomic E-state index is 0.0542. The second kappa shape index (κ2) is 10.8. The van der Waals surface area contributed by atoms with Crippen LogP contribution in [0.3, 0.4) is 0 Å². The Labute approximate surface area is 185 Å². The van der Waals surface area contributed by atoms with Gasteiger partial charge in [-0.25, -0.2) is 0 Å². The van der Waals surface area contributed by atoms with Crippen molar-refractivity contribution in [3.8, 4) is 0 Å². The average molecular weight is 468 g/mol.